The number of halogens is 3. The van der Waals surface area contributed by atoms with Gasteiger partial charge in [-0.2, -0.15) is 13.2 Å². The second-order valence-corrected chi connectivity index (χ2v) is 3.87. The molecule has 0 spiro atoms. The molecule has 1 aromatic carbocycles. The van der Waals surface area contributed by atoms with E-state index in [4.69, 9.17) is 5.11 Å². The van der Waals surface area contributed by atoms with E-state index in [1.54, 1.807) is 6.07 Å². The van der Waals surface area contributed by atoms with Gasteiger partial charge in [0.25, 0.3) is 0 Å². The lowest BCUT2D eigenvalue weighted by Gasteiger charge is -2.14. The first kappa shape index (κ1) is 14.0. The Morgan fingerprint density at radius 1 is 1.35 bits per heavy atom. The fourth-order valence-corrected chi connectivity index (χ4v) is 1.46. The normalized spacial score (nSPS) is 13.7. The van der Waals surface area contributed by atoms with Gasteiger partial charge in [0.15, 0.2) is 0 Å². The summed E-state index contributed by atoms with van der Waals surface area (Å²) in [4.78, 5) is 0. The molecule has 0 bridgehead atoms. The number of hydrogen-bond donors (Lipinski definition) is 2. The van der Waals surface area contributed by atoms with E-state index in [1.807, 2.05) is 6.92 Å². The van der Waals surface area contributed by atoms with Crippen LogP contribution in [0.2, 0.25) is 0 Å². The Kier molecular flexibility index (Phi) is 4.96. The molecule has 0 unspecified atom stereocenters. The molecule has 0 amide bonds. The van der Waals surface area contributed by atoms with Crippen LogP contribution in [-0.2, 0) is 12.7 Å². The van der Waals surface area contributed by atoms with E-state index >= 15 is 0 Å². The smallest absolute Gasteiger partial charge is 0.395 e. The van der Waals surface area contributed by atoms with Crippen molar-refractivity contribution in [3.8, 4) is 0 Å². The van der Waals surface area contributed by atoms with Crippen molar-refractivity contribution in [2.45, 2.75) is 32.1 Å². The van der Waals surface area contributed by atoms with Crippen LogP contribution in [0, 0.1) is 0 Å². The lowest BCUT2D eigenvalue weighted by Crippen LogP contribution is -2.31. The molecule has 2 nitrogen and oxygen atoms in total. The standard InChI is InChI=1S/C12H16F3NO/c1-2-11(8-17)16-7-9-4-3-5-10(6-9)12(13,14)15/h3-6,11,16-17H,2,7-8H2,1H3/t11-/m0/s1. The predicted octanol–water partition coefficient (Wildman–Crippen LogP) is 2.57. The van der Waals surface area contributed by atoms with E-state index in [0.29, 0.717) is 12.1 Å². The molecule has 0 aliphatic heterocycles. The highest BCUT2D eigenvalue weighted by Crippen LogP contribution is 2.29. The van der Waals surface area contributed by atoms with Crippen LogP contribution in [0.3, 0.4) is 0 Å². The van der Waals surface area contributed by atoms with Gasteiger partial charge in [-0.25, -0.2) is 0 Å². The molecule has 17 heavy (non-hydrogen) atoms. The molecule has 0 radical (unpaired) electrons. The van der Waals surface area contributed by atoms with Crippen molar-refractivity contribution in [1.82, 2.24) is 5.32 Å². The minimum absolute atomic E-state index is 0.0184. The third kappa shape index (κ3) is 4.36. The molecule has 0 aromatic heterocycles. The fraction of sp³-hybridized carbons (Fsp3) is 0.500. The summed E-state index contributed by atoms with van der Waals surface area (Å²) in [6.45, 7) is 2.21. The Labute approximate surface area is 98.5 Å². The van der Waals surface area contributed by atoms with Gasteiger partial charge in [0.1, 0.15) is 0 Å². The van der Waals surface area contributed by atoms with Crippen LogP contribution in [0.4, 0.5) is 13.2 Å². The SMILES string of the molecule is CC[C@@H](CO)NCc1cccc(C(F)(F)F)c1. The Morgan fingerprint density at radius 3 is 2.59 bits per heavy atom. The van der Waals surface area contributed by atoms with Crippen LogP contribution in [0.15, 0.2) is 24.3 Å². The van der Waals surface area contributed by atoms with Crippen LogP contribution >= 0.6 is 0 Å². The molecule has 0 saturated carbocycles. The zero-order valence-corrected chi connectivity index (χ0v) is 9.59. The average Bonchev–Trinajstić information content (AvgIpc) is 2.30. The molecular formula is C12H16F3NO. The largest absolute Gasteiger partial charge is 0.416 e. The summed E-state index contributed by atoms with van der Waals surface area (Å²) >= 11 is 0. The number of nitrogens with one attached hydrogen (secondary N) is 1. The van der Waals surface area contributed by atoms with E-state index in [0.717, 1.165) is 18.6 Å². The summed E-state index contributed by atoms with van der Waals surface area (Å²) in [5, 5.41) is 11.9. The topological polar surface area (TPSA) is 32.3 Å². The van der Waals surface area contributed by atoms with Gasteiger partial charge in [0.2, 0.25) is 0 Å². The Hall–Kier alpha value is -1.07. The molecule has 0 aliphatic rings. The quantitative estimate of drug-likeness (QED) is 0.838. The third-order valence-corrected chi connectivity index (χ3v) is 2.56. The minimum atomic E-state index is -4.31. The van der Waals surface area contributed by atoms with Crippen molar-refractivity contribution in [2.24, 2.45) is 0 Å². The van der Waals surface area contributed by atoms with E-state index in [9.17, 15) is 13.2 Å². The van der Waals surface area contributed by atoms with Crippen molar-refractivity contribution in [3.05, 3.63) is 35.4 Å². The maximum absolute atomic E-state index is 12.4. The van der Waals surface area contributed by atoms with Crippen LogP contribution in [0.25, 0.3) is 0 Å². The van der Waals surface area contributed by atoms with Gasteiger partial charge in [0, 0.05) is 12.6 Å². The van der Waals surface area contributed by atoms with E-state index in [2.05, 4.69) is 5.32 Å². The summed E-state index contributed by atoms with van der Waals surface area (Å²) < 4.78 is 37.3. The zero-order valence-electron chi connectivity index (χ0n) is 9.59. The molecule has 0 saturated heterocycles. The minimum Gasteiger partial charge on any atom is -0.395 e. The maximum atomic E-state index is 12.4. The second-order valence-electron chi connectivity index (χ2n) is 3.87. The number of aliphatic hydroxyl groups excluding tert-OH is 1. The van der Waals surface area contributed by atoms with Gasteiger partial charge in [0.05, 0.1) is 12.2 Å². The van der Waals surface area contributed by atoms with Gasteiger partial charge in [-0.15, -0.1) is 0 Å². The fourth-order valence-electron chi connectivity index (χ4n) is 1.46. The maximum Gasteiger partial charge on any atom is 0.416 e. The lowest BCUT2D eigenvalue weighted by molar-refractivity contribution is -0.137. The molecule has 0 aliphatic carbocycles. The highest BCUT2D eigenvalue weighted by Gasteiger charge is 2.30. The van der Waals surface area contributed by atoms with E-state index in [1.165, 1.54) is 6.07 Å². The number of aliphatic hydroxyl groups is 1. The van der Waals surface area contributed by atoms with Crippen molar-refractivity contribution in [1.29, 1.82) is 0 Å². The Bertz CT molecular complexity index is 348. The number of alkyl halides is 3. The van der Waals surface area contributed by atoms with E-state index < -0.39 is 11.7 Å². The molecule has 1 atom stereocenters. The molecule has 1 aromatic rings. The Balaban J connectivity index is 2.66. The van der Waals surface area contributed by atoms with E-state index in [-0.39, 0.29) is 12.6 Å². The van der Waals surface area contributed by atoms with Gasteiger partial charge >= 0.3 is 6.18 Å². The zero-order chi connectivity index (χ0) is 12.9. The summed E-state index contributed by atoms with van der Waals surface area (Å²) in [5.41, 5.74) is -0.0828. The number of rotatable bonds is 5. The van der Waals surface area contributed by atoms with Crippen molar-refractivity contribution in [2.75, 3.05) is 6.61 Å². The summed E-state index contributed by atoms with van der Waals surface area (Å²) in [7, 11) is 0. The first-order valence-corrected chi connectivity index (χ1v) is 5.47. The summed E-state index contributed by atoms with van der Waals surface area (Å²) in [6, 6.07) is 5.11. The summed E-state index contributed by atoms with van der Waals surface area (Å²) in [5.74, 6) is 0. The summed E-state index contributed by atoms with van der Waals surface area (Å²) in [6.07, 6.45) is -3.58. The van der Waals surface area contributed by atoms with Crippen LogP contribution < -0.4 is 5.32 Å². The van der Waals surface area contributed by atoms with Gasteiger partial charge in [-0.1, -0.05) is 25.1 Å². The predicted molar refractivity (Wildman–Crippen MR) is 59.4 cm³/mol. The van der Waals surface area contributed by atoms with Gasteiger partial charge in [-0.3, -0.25) is 0 Å². The average molecular weight is 247 g/mol. The van der Waals surface area contributed by atoms with Crippen molar-refractivity contribution >= 4 is 0 Å². The molecule has 5 heteroatoms. The van der Waals surface area contributed by atoms with Gasteiger partial charge in [-0.05, 0) is 18.1 Å². The van der Waals surface area contributed by atoms with Crippen LogP contribution in [0.1, 0.15) is 24.5 Å². The molecular weight excluding hydrogens is 231 g/mol. The van der Waals surface area contributed by atoms with Gasteiger partial charge < -0.3 is 10.4 Å². The molecule has 96 valence electrons. The molecule has 2 N–H and O–H groups in total. The molecule has 1 rings (SSSR count). The van der Waals surface area contributed by atoms with Crippen LogP contribution in [-0.4, -0.2) is 17.8 Å². The molecule has 0 heterocycles. The monoisotopic (exact) mass is 247 g/mol. The highest BCUT2D eigenvalue weighted by molar-refractivity contribution is 5.25. The first-order chi connectivity index (χ1) is 7.97. The molecule has 0 fully saturated rings. The lowest BCUT2D eigenvalue weighted by atomic mass is 10.1. The second kappa shape index (κ2) is 6.02. The highest BCUT2D eigenvalue weighted by atomic mass is 19.4. The number of benzene rings is 1. The third-order valence-electron chi connectivity index (χ3n) is 2.56. The van der Waals surface area contributed by atoms with Crippen molar-refractivity contribution < 1.29 is 18.3 Å². The Morgan fingerprint density at radius 2 is 2.06 bits per heavy atom. The van der Waals surface area contributed by atoms with Crippen molar-refractivity contribution in [3.63, 3.8) is 0 Å². The van der Waals surface area contributed by atoms with Crippen LogP contribution in [0.5, 0.6) is 0 Å². The number of hydrogen-bond acceptors (Lipinski definition) is 2. The first-order valence-electron chi connectivity index (χ1n) is 5.47.